The minimum atomic E-state index is 0.849. The topological polar surface area (TPSA) is 3.24 Å². The van der Waals surface area contributed by atoms with E-state index in [1.54, 1.807) is 0 Å². The van der Waals surface area contributed by atoms with Crippen LogP contribution in [0.2, 0.25) is 0 Å². The van der Waals surface area contributed by atoms with Gasteiger partial charge >= 0.3 is 0 Å². The van der Waals surface area contributed by atoms with Crippen molar-refractivity contribution >= 4 is 0 Å². The van der Waals surface area contributed by atoms with E-state index >= 15 is 0 Å². The van der Waals surface area contributed by atoms with Crippen LogP contribution >= 0.6 is 0 Å². The van der Waals surface area contributed by atoms with Gasteiger partial charge in [-0.3, -0.25) is 0 Å². The second-order valence-electron chi connectivity index (χ2n) is 3.58. The molecule has 1 rings (SSSR count). The van der Waals surface area contributed by atoms with Gasteiger partial charge in [0.15, 0.2) is 0 Å². The molecule has 1 saturated heterocycles. The first kappa shape index (κ1) is 8.06. The zero-order chi connectivity index (χ0) is 7.56. The Morgan fingerprint density at radius 1 is 1.50 bits per heavy atom. The normalized spacial score (nSPS) is 28.2. The van der Waals surface area contributed by atoms with E-state index in [1.807, 2.05) is 0 Å². The molecule has 1 fully saturated rings. The zero-order valence-corrected chi connectivity index (χ0v) is 7.43. The summed E-state index contributed by atoms with van der Waals surface area (Å²) in [7, 11) is 0. The van der Waals surface area contributed by atoms with Gasteiger partial charge in [-0.2, -0.15) is 0 Å². The van der Waals surface area contributed by atoms with Crippen LogP contribution in [0.3, 0.4) is 0 Å². The Morgan fingerprint density at radius 2 is 2.20 bits per heavy atom. The second-order valence-corrected chi connectivity index (χ2v) is 3.58. The minimum absolute atomic E-state index is 0.849. The van der Waals surface area contributed by atoms with Gasteiger partial charge in [0.25, 0.3) is 0 Å². The standard InChI is InChI=1S/C9H19N/c1-4-10-7-5-6-9(10)8(2)3/h8-9H,4-7H2,1-3H3. The summed E-state index contributed by atoms with van der Waals surface area (Å²) in [4.78, 5) is 2.60. The van der Waals surface area contributed by atoms with E-state index in [0.29, 0.717) is 0 Å². The number of hydrogen-bond acceptors (Lipinski definition) is 1. The van der Waals surface area contributed by atoms with Crippen molar-refractivity contribution in [2.24, 2.45) is 5.92 Å². The SMILES string of the molecule is CCN1CCCC1C(C)C. The molecule has 10 heavy (non-hydrogen) atoms. The van der Waals surface area contributed by atoms with E-state index in [9.17, 15) is 0 Å². The Hall–Kier alpha value is -0.0400. The van der Waals surface area contributed by atoms with Crippen LogP contribution < -0.4 is 0 Å². The number of nitrogens with zero attached hydrogens (tertiary/aromatic N) is 1. The maximum Gasteiger partial charge on any atom is 0.0119 e. The van der Waals surface area contributed by atoms with Crippen LogP contribution in [0, 0.1) is 5.92 Å². The Kier molecular flexibility index (Phi) is 2.72. The lowest BCUT2D eigenvalue weighted by Crippen LogP contribution is -2.32. The van der Waals surface area contributed by atoms with Crippen LogP contribution in [0.15, 0.2) is 0 Å². The summed E-state index contributed by atoms with van der Waals surface area (Å²) >= 11 is 0. The first-order valence-corrected chi connectivity index (χ1v) is 4.49. The summed E-state index contributed by atoms with van der Waals surface area (Å²) in [6.07, 6.45) is 2.84. The van der Waals surface area contributed by atoms with E-state index in [-0.39, 0.29) is 0 Å². The Balaban J connectivity index is 2.42. The summed E-state index contributed by atoms with van der Waals surface area (Å²) in [5.41, 5.74) is 0. The smallest absolute Gasteiger partial charge is 0.0119 e. The summed E-state index contributed by atoms with van der Waals surface area (Å²) in [5, 5.41) is 0. The Morgan fingerprint density at radius 3 is 2.60 bits per heavy atom. The predicted octanol–water partition coefficient (Wildman–Crippen LogP) is 2.13. The average Bonchev–Trinajstić information content (AvgIpc) is 2.33. The van der Waals surface area contributed by atoms with Crippen molar-refractivity contribution in [2.75, 3.05) is 13.1 Å². The third-order valence-corrected chi connectivity index (χ3v) is 2.59. The minimum Gasteiger partial charge on any atom is -0.300 e. The fraction of sp³-hybridized carbons (Fsp3) is 1.00. The molecule has 1 atom stereocenters. The van der Waals surface area contributed by atoms with Gasteiger partial charge in [-0.1, -0.05) is 20.8 Å². The highest BCUT2D eigenvalue weighted by Crippen LogP contribution is 2.22. The third kappa shape index (κ3) is 1.51. The van der Waals surface area contributed by atoms with Crippen LogP contribution in [0.25, 0.3) is 0 Å². The van der Waals surface area contributed by atoms with Crippen LogP contribution in [0.1, 0.15) is 33.6 Å². The Bertz CT molecular complexity index is 98.9. The van der Waals surface area contributed by atoms with Gasteiger partial charge in [0.1, 0.15) is 0 Å². The molecular weight excluding hydrogens is 122 g/mol. The summed E-state index contributed by atoms with van der Waals surface area (Å²) in [6.45, 7) is 9.50. The van der Waals surface area contributed by atoms with Gasteiger partial charge in [-0.05, 0) is 31.8 Å². The van der Waals surface area contributed by atoms with Crippen molar-refractivity contribution < 1.29 is 0 Å². The summed E-state index contributed by atoms with van der Waals surface area (Å²) < 4.78 is 0. The molecule has 1 aliphatic rings. The summed E-state index contributed by atoms with van der Waals surface area (Å²) in [6, 6.07) is 0.880. The highest BCUT2D eigenvalue weighted by molar-refractivity contribution is 4.80. The molecule has 0 spiro atoms. The van der Waals surface area contributed by atoms with E-state index < -0.39 is 0 Å². The number of likely N-dealkylation sites (tertiary alicyclic amines) is 1. The lowest BCUT2D eigenvalue weighted by molar-refractivity contribution is 0.217. The lowest BCUT2D eigenvalue weighted by atomic mass is 10.0. The van der Waals surface area contributed by atoms with Crippen molar-refractivity contribution in [3.8, 4) is 0 Å². The van der Waals surface area contributed by atoms with Crippen LogP contribution in [0.5, 0.6) is 0 Å². The predicted molar refractivity (Wildman–Crippen MR) is 45.1 cm³/mol. The van der Waals surface area contributed by atoms with E-state index in [0.717, 1.165) is 12.0 Å². The first-order valence-electron chi connectivity index (χ1n) is 4.49. The fourth-order valence-corrected chi connectivity index (χ4v) is 2.00. The molecule has 1 unspecified atom stereocenters. The summed E-state index contributed by atoms with van der Waals surface area (Å²) in [5.74, 6) is 0.849. The van der Waals surface area contributed by atoms with Gasteiger partial charge in [0, 0.05) is 6.04 Å². The van der Waals surface area contributed by atoms with Crippen LogP contribution in [-0.2, 0) is 0 Å². The van der Waals surface area contributed by atoms with Crippen LogP contribution in [0.4, 0.5) is 0 Å². The molecule has 0 N–H and O–H groups in total. The highest BCUT2D eigenvalue weighted by Gasteiger charge is 2.24. The molecule has 1 nitrogen and oxygen atoms in total. The van der Waals surface area contributed by atoms with Gasteiger partial charge in [-0.15, -0.1) is 0 Å². The molecule has 0 bridgehead atoms. The molecule has 1 heterocycles. The first-order chi connectivity index (χ1) is 4.75. The molecule has 0 aliphatic carbocycles. The molecule has 0 aromatic heterocycles. The third-order valence-electron chi connectivity index (χ3n) is 2.59. The monoisotopic (exact) mass is 141 g/mol. The average molecular weight is 141 g/mol. The molecule has 0 amide bonds. The van der Waals surface area contributed by atoms with E-state index in [2.05, 4.69) is 25.7 Å². The van der Waals surface area contributed by atoms with Crippen molar-refractivity contribution in [1.29, 1.82) is 0 Å². The quantitative estimate of drug-likeness (QED) is 0.569. The number of hydrogen-bond donors (Lipinski definition) is 0. The highest BCUT2D eigenvalue weighted by atomic mass is 15.2. The molecule has 0 saturated carbocycles. The van der Waals surface area contributed by atoms with Gasteiger partial charge < -0.3 is 4.90 Å². The molecular formula is C9H19N. The molecule has 0 radical (unpaired) electrons. The largest absolute Gasteiger partial charge is 0.300 e. The Labute approximate surface area is 64.4 Å². The van der Waals surface area contributed by atoms with Gasteiger partial charge in [-0.25, -0.2) is 0 Å². The molecule has 1 heteroatoms. The van der Waals surface area contributed by atoms with Crippen molar-refractivity contribution in [1.82, 2.24) is 4.90 Å². The molecule has 0 aromatic rings. The van der Waals surface area contributed by atoms with Gasteiger partial charge in [0.2, 0.25) is 0 Å². The molecule has 0 aromatic carbocycles. The van der Waals surface area contributed by atoms with Crippen LogP contribution in [-0.4, -0.2) is 24.0 Å². The molecule has 60 valence electrons. The maximum atomic E-state index is 2.60. The lowest BCUT2D eigenvalue weighted by Gasteiger charge is -2.25. The molecule has 1 aliphatic heterocycles. The zero-order valence-electron chi connectivity index (χ0n) is 7.43. The van der Waals surface area contributed by atoms with Crippen molar-refractivity contribution in [3.05, 3.63) is 0 Å². The van der Waals surface area contributed by atoms with Crippen molar-refractivity contribution in [2.45, 2.75) is 39.7 Å². The van der Waals surface area contributed by atoms with E-state index in [1.165, 1.54) is 25.9 Å². The number of rotatable bonds is 2. The van der Waals surface area contributed by atoms with Crippen molar-refractivity contribution in [3.63, 3.8) is 0 Å². The second kappa shape index (κ2) is 3.38. The maximum absolute atomic E-state index is 2.60. The van der Waals surface area contributed by atoms with E-state index in [4.69, 9.17) is 0 Å². The fourth-order valence-electron chi connectivity index (χ4n) is 2.00. The van der Waals surface area contributed by atoms with Gasteiger partial charge in [0.05, 0.1) is 0 Å².